The highest BCUT2D eigenvalue weighted by atomic mass is 79.9. The van der Waals surface area contributed by atoms with Crippen molar-refractivity contribution in [1.29, 1.82) is 0 Å². The Hall–Kier alpha value is -0.510. The van der Waals surface area contributed by atoms with E-state index >= 15 is 0 Å². The van der Waals surface area contributed by atoms with Crippen molar-refractivity contribution in [3.63, 3.8) is 0 Å². The Morgan fingerprint density at radius 1 is 1.56 bits per heavy atom. The second-order valence-corrected chi connectivity index (χ2v) is 6.31. The van der Waals surface area contributed by atoms with Gasteiger partial charge in [0.25, 0.3) is 10.0 Å². The van der Waals surface area contributed by atoms with Gasteiger partial charge in [0.1, 0.15) is 0 Å². The average molecular weight is 313 g/mol. The molecule has 0 aliphatic rings. The molecule has 0 bridgehead atoms. The van der Waals surface area contributed by atoms with Crippen LogP contribution in [0.1, 0.15) is 13.8 Å². The first-order valence-corrected chi connectivity index (χ1v) is 6.67. The lowest BCUT2D eigenvalue weighted by molar-refractivity contribution is 0.208. The first-order valence-electron chi connectivity index (χ1n) is 4.39. The summed E-state index contributed by atoms with van der Waals surface area (Å²) in [6.45, 7) is 2.83. The van der Waals surface area contributed by atoms with Crippen LogP contribution < -0.4 is 4.72 Å². The number of aryl methyl sites for hydroxylation is 1. The van der Waals surface area contributed by atoms with E-state index in [1.807, 2.05) is 0 Å². The highest BCUT2D eigenvalue weighted by Crippen LogP contribution is 2.19. The van der Waals surface area contributed by atoms with E-state index in [1.165, 1.54) is 7.05 Å². The van der Waals surface area contributed by atoms with Gasteiger partial charge in [0, 0.05) is 7.05 Å². The number of nitrogens with zero attached hydrogens (tertiary/aromatic N) is 3. The van der Waals surface area contributed by atoms with Gasteiger partial charge < -0.3 is 5.11 Å². The molecule has 0 spiro atoms. The molecule has 92 valence electrons. The molecule has 7 nitrogen and oxygen atoms in total. The summed E-state index contributed by atoms with van der Waals surface area (Å²) in [6.07, 6.45) is 0. The molecule has 0 amide bonds. The zero-order valence-electron chi connectivity index (χ0n) is 9.10. The Morgan fingerprint density at radius 2 is 2.12 bits per heavy atom. The summed E-state index contributed by atoms with van der Waals surface area (Å²) in [4.78, 5) is 0. The lowest BCUT2D eigenvalue weighted by Gasteiger charge is -2.22. The van der Waals surface area contributed by atoms with E-state index in [1.54, 1.807) is 13.8 Å². The molecule has 1 heterocycles. The highest BCUT2D eigenvalue weighted by molar-refractivity contribution is 9.10. The number of sulfonamides is 1. The molecule has 9 heteroatoms. The number of aliphatic hydroxyl groups is 1. The van der Waals surface area contributed by atoms with Crippen LogP contribution in [0, 0.1) is 0 Å². The van der Waals surface area contributed by atoms with Crippen molar-refractivity contribution >= 4 is 26.0 Å². The molecular weight excluding hydrogens is 300 g/mol. The molecular formula is C7H13BrN4O3S. The molecule has 2 N–H and O–H groups in total. The number of hydrogen-bond acceptors (Lipinski definition) is 5. The average Bonchev–Trinajstić information content (AvgIpc) is 2.44. The smallest absolute Gasteiger partial charge is 0.261 e. The van der Waals surface area contributed by atoms with E-state index in [0.29, 0.717) is 0 Å². The van der Waals surface area contributed by atoms with Gasteiger partial charge in [-0.3, -0.25) is 0 Å². The third kappa shape index (κ3) is 2.78. The minimum absolute atomic E-state index is 0.0750. The molecule has 0 aliphatic heterocycles. The third-order valence-corrected chi connectivity index (χ3v) is 4.38. The first kappa shape index (κ1) is 13.6. The van der Waals surface area contributed by atoms with Crippen LogP contribution in [0.4, 0.5) is 0 Å². The Kier molecular flexibility index (Phi) is 3.72. The van der Waals surface area contributed by atoms with Gasteiger partial charge in [-0.25, -0.2) is 17.8 Å². The SMILES string of the molecule is Cn1nnc(Br)c1S(=O)(=O)NC(C)(C)CO. The summed E-state index contributed by atoms with van der Waals surface area (Å²) >= 11 is 3.01. The quantitative estimate of drug-likeness (QED) is 0.790. The van der Waals surface area contributed by atoms with Crippen molar-refractivity contribution in [2.24, 2.45) is 7.05 Å². The Bertz CT molecular complexity index is 462. The van der Waals surface area contributed by atoms with Crippen molar-refractivity contribution < 1.29 is 13.5 Å². The van der Waals surface area contributed by atoms with E-state index in [-0.39, 0.29) is 16.2 Å². The van der Waals surface area contributed by atoms with E-state index < -0.39 is 15.6 Å². The molecule has 0 saturated heterocycles. The standard InChI is InChI=1S/C7H13BrN4O3S/c1-7(2,4-13)10-16(14,15)6-5(8)9-11-12(6)3/h10,13H,4H2,1-3H3. The van der Waals surface area contributed by atoms with Gasteiger partial charge >= 0.3 is 0 Å². The lowest BCUT2D eigenvalue weighted by Crippen LogP contribution is -2.46. The summed E-state index contributed by atoms with van der Waals surface area (Å²) in [7, 11) is -2.30. The molecule has 0 atom stereocenters. The molecule has 0 fully saturated rings. The summed E-state index contributed by atoms with van der Waals surface area (Å²) in [5, 5.41) is 16.1. The van der Waals surface area contributed by atoms with Gasteiger partial charge in [0.2, 0.25) is 5.03 Å². The van der Waals surface area contributed by atoms with Crippen molar-refractivity contribution in [3.8, 4) is 0 Å². The van der Waals surface area contributed by atoms with Gasteiger partial charge in [-0.15, -0.1) is 5.10 Å². The van der Waals surface area contributed by atoms with Gasteiger partial charge in [-0.05, 0) is 29.8 Å². The maximum absolute atomic E-state index is 12.0. The van der Waals surface area contributed by atoms with Crippen LogP contribution in [0.25, 0.3) is 0 Å². The Labute approximate surface area is 102 Å². The zero-order valence-corrected chi connectivity index (χ0v) is 11.5. The molecule has 0 aliphatic carbocycles. The predicted molar refractivity (Wildman–Crippen MR) is 60.2 cm³/mol. The van der Waals surface area contributed by atoms with Crippen molar-refractivity contribution in [1.82, 2.24) is 19.7 Å². The van der Waals surface area contributed by atoms with Gasteiger partial charge in [0.15, 0.2) is 4.60 Å². The summed E-state index contributed by atoms with van der Waals surface area (Å²) in [5.74, 6) is 0. The van der Waals surface area contributed by atoms with E-state index in [2.05, 4.69) is 31.0 Å². The maximum Gasteiger partial charge on any atom is 0.261 e. The molecule has 0 unspecified atom stereocenters. The second kappa shape index (κ2) is 4.40. The van der Waals surface area contributed by atoms with Crippen molar-refractivity contribution in [3.05, 3.63) is 4.60 Å². The Balaban J connectivity index is 3.14. The van der Waals surface area contributed by atoms with Crippen molar-refractivity contribution in [2.45, 2.75) is 24.4 Å². The number of halogens is 1. The molecule has 0 saturated carbocycles. The van der Waals surface area contributed by atoms with Crippen LogP contribution in [0.2, 0.25) is 0 Å². The van der Waals surface area contributed by atoms with Crippen LogP contribution in [0.15, 0.2) is 9.63 Å². The normalized spacial score (nSPS) is 13.1. The fourth-order valence-corrected chi connectivity index (χ4v) is 3.55. The number of aromatic nitrogens is 3. The topological polar surface area (TPSA) is 97.1 Å². The number of hydrogen-bond donors (Lipinski definition) is 2. The summed E-state index contributed by atoms with van der Waals surface area (Å²) < 4.78 is 27.5. The minimum Gasteiger partial charge on any atom is -0.394 e. The molecule has 1 rings (SSSR count). The largest absolute Gasteiger partial charge is 0.394 e. The van der Waals surface area contributed by atoms with E-state index in [0.717, 1.165) is 4.68 Å². The second-order valence-electron chi connectivity index (χ2n) is 3.96. The zero-order chi connectivity index (χ0) is 12.6. The first-order chi connectivity index (χ1) is 7.19. The third-order valence-electron chi connectivity index (χ3n) is 1.80. The highest BCUT2D eigenvalue weighted by Gasteiger charge is 2.30. The van der Waals surface area contributed by atoms with Gasteiger partial charge in [-0.1, -0.05) is 5.21 Å². The summed E-state index contributed by atoms with van der Waals surface area (Å²) in [5.41, 5.74) is -0.942. The summed E-state index contributed by atoms with van der Waals surface area (Å²) in [6, 6.07) is 0. The number of rotatable bonds is 4. The monoisotopic (exact) mass is 312 g/mol. The van der Waals surface area contributed by atoms with Crippen molar-refractivity contribution in [2.75, 3.05) is 6.61 Å². The van der Waals surface area contributed by atoms with Crippen LogP contribution in [0.3, 0.4) is 0 Å². The molecule has 16 heavy (non-hydrogen) atoms. The molecule has 0 aromatic carbocycles. The molecule has 0 radical (unpaired) electrons. The van der Waals surface area contributed by atoms with Crippen LogP contribution in [-0.4, -0.2) is 40.7 Å². The van der Waals surface area contributed by atoms with Crippen LogP contribution >= 0.6 is 15.9 Å². The van der Waals surface area contributed by atoms with Crippen LogP contribution in [0.5, 0.6) is 0 Å². The lowest BCUT2D eigenvalue weighted by atomic mass is 10.1. The van der Waals surface area contributed by atoms with E-state index in [4.69, 9.17) is 5.11 Å². The van der Waals surface area contributed by atoms with E-state index in [9.17, 15) is 8.42 Å². The minimum atomic E-state index is -3.77. The number of nitrogens with one attached hydrogen (secondary N) is 1. The molecule has 1 aromatic heterocycles. The fourth-order valence-electron chi connectivity index (χ4n) is 1.05. The molecule has 1 aromatic rings. The fraction of sp³-hybridized carbons (Fsp3) is 0.714. The predicted octanol–water partition coefficient (Wildman–Crippen LogP) is -0.373. The maximum atomic E-state index is 12.0. The Morgan fingerprint density at radius 3 is 2.50 bits per heavy atom. The van der Waals surface area contributed by atoms with Gasteiger partial charge in [0.05, 0.1) is 12.1 Å². The van der Waals surface area contributed by atoms with Gasteiger partial charge in [-0.2, -0.15) is 0 Å². The number of aliphatic hydroxyl groups excluding tert-OH is 1. The van der Waals surface area contributed by atoms with Crippen LogP contribution in [-0.2, 0) is 17.1 Å².